The van der Waals surface area contributed by atoms with Crippen molar-refractivity contribution in [1.82, 2.24) is 10.3 Å². The number of rotatable bonds is 5. The summed E-state index contributed by atoms with van der Waals surface area (Å²) >= 11 is 0. The SMILES string of the molecule is CC[C@@H](NC(=O)c1ccc([N+](=O)[O-])[nH]1)C(=O)O. The molecule has 1 heterocycles. The maximum atomic E-state index is 11.5. The van der Waals surface area contributed by atoms with Crippen LogP contribution < -0.4 is 5.32 Å². The van der Waals surface area contributed by atoms with E-state index in [9.17, 15) is 19.7 Å². The Balaban J connectivity index is 2.75. The molecule has 8 heteroatoms. The summed E-state index contributed by atoms with van der Waals surface area (Å²) in [4.78, 5) is 34.2. The molecule has 0 aliphatic rings. The van der Waals surface area contributed by atoms with E-state index < -0.39 is 22.8 Å². The summed E-state index contributed by atoms with van der Waals surface area (Å²) in [5.74, 6) is -2.16. The number of amides is 1. The number of nitro groups is 1. The summed E-state index contributed by atoms with van der Waals surface area (Å²) in [7, 11) is 0. The second-order valence-electron chi connectivity index (χ2n) is 3.29. The van der Waals surface area contributed by atoms with Crippen molar-refractivity contribution in [2.24, 2.45) is 0 Å². The Hall–Kier alpha value is -2.38. The van der Waals surface area contributed by atoms with E-state index >= 15 is 0 Å². The highest BCUT2D eigenvalue weighted by Gasteiger charge is 2.21. The van der Waals surface area contributed by atoms with Gasteiger partial charge < -0.3 is 20.5 Å². The zero-order chi connectivity index (χ0) is 13.0. The summed E-state index contributed by atoms with van der Waals surface area (Å²) in [6, 6.07) is 1.35. The van der Waals surface area contributed by atoms with Crippen LogP contribution in [0, 0.1) is 10.1 Å². The lowest BCUT2D eigenvalue weighted by atomic mass is 10.2. The van der Waals surface area contributed by atoms with E-state index in [1.807, 2.05) is 0 Å². The molecule has 0 spiro atoms. The third-order valence-corrected chi connectivity index (χ3v) is 2.12. The normalized spacial score (nSPS) is 11.8. The van der Waals surface area contributed by atoms with Crippen LogP contribution in [0.15, 0.2) is 12.1 Å². The first-order valence-corrected chi connectivity index (χ1v) is 4.82. The number of carbonyl (C=O) groups is 2. The zero-order valence-corrected chi connectivity index (χ0v) is 8.97. The van der Waals surface area contributed by atoms with Crippen LogP contribution in [-0.2, 0) is 4.79 Å². The Morgan fingerprint density at radius 1 is 1.59 bits per heavy atom. The molecule has 92 valence electrons. The molecule has 1 atom stereocenters. The Labute approximate surface area is 95.8 Å². The number of nitrogens with one attached hydrogen (secondary N) is 2. The fourth-order valence-electron chi connectivity index (χ4n) is 1.20. The number of hydrogen-bond acceptors (Lipinski definition) is 4. The molecule has 0 unspecified atom stereocenters. The number of aromatic amines is 1. The largest absolute Gasteiger partial charge is 0.480 e. The van der Waals surface area contributed by atoms with Crippen LogP contribution in [-0.4, -0.2) is 32.9 Å². The van der Waals surface area contributed by atoms with Crippen molar-refractivity contribution in [2.75, 3.05) is 0 Å². The van der Waals surface area contributed by atoms with Gasteiger partial charge in [-0.05, 0) is 17.4 Å². The molecule has 8 nitrogen and oxygen atoms in total. The Bertz CT molecular complexity index is 453. The van der Waals surface area contributed by atoms with Crippen molar-refractivity contribution in [3.8, 4) is 0 Å². The van der Waals surface area contributed by atoms with E-state index in [1.54, 1.807) is 6.92 Å². The average Bonchev–Trinajstić information content (AvgIpc) is 2.74. The van der Waals surface area contributed by atoms with E-state index in [0.717, 1.165) is 6.07 Å². The van der Waals surface area contributed by atoms with Crippen molar-refractivity contribution in [3.63, 3.8) is 0 Å². The van der Waals surface area contributed by atoms with E-state index in [1.165, 1.54) is 6.07 Å². The number of carbonyl (C=O) groups excluding carboxylic acids is 1. The summed E-state index contributed by atoms with van der Waals surface area (Å²) in [6.07, 6.45) is 0.226. The molecule has 1 amide bonds. The molecule has 0 radical (unpaired) electrons. The molecular formula is C9H11N3O5. The number of carboxylic acids is 1. The van der Waals surface area contributed by atoms with Gasteiger partial charge >= 0.3 is 11.8 Å². The van der Waals surface area contributed by atoms with E-state index in [-0.39, 0.29) is 17.9 Å². The first kappa shape index (κ1) is 12.7. The molecule has 0 aliphatic heterocycles. The van der Waals surface area contributed by atoms with Gasteiger partial charge in [0.05, 0.1) is 0 Å². The molecule has 0 aromatic carbocycles. The summed E-state index contributed by atoms with van der Waals surface area (Å²) in [5, 5.41) is 21.3. The molecule has 0 saturated heterocycles. The van der Waals surface area contributed by atoms with Gasteiger partial charge in [0.1, 0.15) is 6.04 Å². The van der Waals surface area contributed by atoms with Crippen molar-refractivity contribution in [2.45, 2.75) is 19.4 Å². The Morgan fingerprint density at radius 2 is 2.24 bits per heavy atom. The van der Waals surface area contributed by atoms with E-state index in [0.29, 0.717) is 0 Å². The Kier molecular flexibility index (Phi) is 3.81. The first-order valence-electron chi connectivity index (χ1n) is 4.82. The second kappa shape index (κ2) is 5.10. The molecule has 17 heavy (non-hydrogen) atoms. The lowest BCUT2D eigenvalue weighted by Crippen LogP contribution is -2.40. The lowest BCUT2D eigenvalue weighted by molar-refractivity contribution is -0.389. The third kappa shape index (κ3) is 3.03. The monoisotopic (exact) mass is 241 g/mol. The molecular weight excluding hydrogens is 230 g/mol. The Morgan fingerprint density at radius 3 is 2.65 bits per heavy atom. The van der Waals surface area contributed by atoms with Crippen molar-refractivity contribution in [3.05, 3.63) is 27.9 Å². The van der Waals surface area contributed by atoms with E-state index in [4.69, 9.17) is 5.11 Å². The summed E-state index contributed by atoms with van der Waals surface area (Å²) < 4.78 is 0. The van der Waals surface area contributed by atoms with Crippen LogP contribution in [0.4, 0.5) is 5.82 Å². The fraction of sp³-hybridized carbons (Fsp3) is 0.333. The maximum absolute atomic E-state index is 11.5. The minimum atomic E-state index is -1.15. The van der Waals surface area contributed by atoms with Crippen LogP contribution in [0.5, 0.6) is 0 Å². The van der Waals surface area contributed by atoms with Crippen LogP contribution in [0.1, 0.15) is 23.8 Å². The number of aliphatic carboxylic acids is 1. The van der Waals surface area contributed by atoms with Crippen LogP contribution in [0.25, 0.3) is 0 Å². The van der Waals surface area contributed by atoms with Gasteiger partial charge in [-0.2, -0.15) is 0 Å². The van der Waals surface area contributed by atoms with Gasteiger partial charge in [0.25, 0.3) is 5.91 Å². The lowest BCUT2D eigenvalue weighted by Gasteiger charge is -2.09. The summed E-state index contributed by atoms with van der Waals surface area (Å²) in [5.41, 5.74) is -0.0450. The summed E-state index contributed by atoms with van der Waals surface area (Å²) in [6.45, 7) is 1.61. The first-order chi connectivity index (χ1) is 7.95. The van der Waals surface area contributed by atoms with Gasteiger partial charge in [-0.1, -0.05) is 6.92 Å². The quantitative estimate of drug-likeness (QED) is 0.511. The molecule has 3 N–H and O–H groups in total. The van der Waals surface area contributed by atoms with Crippen LogP contribution >= 0.6 is 0 Å². The van der Waals surface area contributed by atoms with Gasteiger partial charge in [0.2, 0.25) is 0 Å². The standard InChI is InChI=1S/C9H11N3O5/c1-2-5(9(14)15)11-8(13)6-3-4-7(10-6)12(16)17/h3-5,10H,2H2,1H3,(H,11,13)(H,14,15)/t5-/m1/s1. The van der Waals surface area contributed by atoms with Crippen molar-refractivity contribution >= 4 is 17.7 Å². The minimum Gasteiger partial charge on any atom is -0.480 e. The highest BCUT2D eigenvalue weighted by molar-refractivity contribution is 5.95. The number of nitrogens with zero attached hydrogens (tertiary/aromatic N) is 1. The molecule has 0 aliphatic carbocycles. The van der Waals surface area contributed by atoms with Gasteiger partial charge in [-0.3, -0.25) is 4.79 Å². The number of carboxylic acid groups (broad SMARTS) is 1. The number of aromatic nitrogens is 1. The number of H-pyrrole nitrogens is 1. The van der Waals surface area contributed by atoms with Gasteiger partial charge in [-0.15, -0.1) is 0 Å². The molecule has 0 fully saturated rings. The van der Waals surface area contributed by atoms with Gasteiger partial charge in [0, 0.05) is 6.07 Å². The average molecular weight is 241 g/mol. The molecule has 0 saturated carbocycles. The molecule has 1 aromatic heterocycles. The van der Waals surface area contributed by atoms with Gasteiger partial charge in [-0.25, -0.2) is 9.78 Å². The van der Waals surface area contributed by atoms with Gasteiger partial charge in [0.15, 0.2) is 5.69 Å². The topological polar surface area (TPSA) is 125 Å². The molecule has 0 bridgehead atoms. The maximum Gasteiger partial charge on any atom is 0.326 e. The fourth-order valence-corrected chi connectivity index (χ4v) is 1.20. The highest BCUT2D eigenvalue weighted by atomic mass is 16.6. The van der Waals surface area contributed by atoms with Crippen molar-refractivity contribution < 1.29 is 19.6 Å². The smallest absolute Gasteiger partial charge is 0.326 e. The molecule has 1 aromatic rings. The number of hydrogen-bond donors (Lipinski definition) is 3. The predicted molar refractivity (Wildman–Crippen MR) is 56.6 cm³/mol. The van der Waals surface area contributed by atoms with E-state index in [2.05, 4.69) is 10.3 Å². The van der Waals surface area contributed by atoms with Crippen LogP contribution in [0.2, 0.25) is 0 Å². The molecule has 1 rings (SSSR count). The second-order valence-corrected chi connectivity index (χ2v) is 3.29. The zero-order valence-electron chi connectivity index (χ0n) is 8.97. The van der Waals surface area contributed by atoms with Crippen LogP contribution in [0.3, 0.4) is 0 Å². The van der Waals surface area contributed by atoms with Crippen molar-refractivity contribution in [1.29, 1.82) is 0 Å². The third-order valence-electron chi connectivity index (χ3n) is 2.12. The highest BCUT2D eigenvalue weighted by Crippen LogP contribution is 2.10. The minimum absolute atomic E-state index is 0.0450. The predicted octanol–water partition coefficient (Wildman–Crippen LogP) is 0.516.